The molecule has 1 unspecified atom stereocenters. The first-order valence-electron chi connectivity index (χ1n) is 8.76. The van der Waals surface area contributed by atoms with Gasteiger partial charge in [-0.25, -0.2) is 4.79 Å². The van der Waals surface area contributed by atoms with Gasteiger partial charge in [0.15, 0.2) is 0 Å². The maximum Gasteiger partial charge on any atom is 0.368 e. The Balaban J connectivity index is 1.89. The summed E-state index contributed by atoms with van der Waals surface area (Å²) in [6, 6.07) is 11.7. The monoisotopic (exact) mass is 368 g/mol. The molecule has 0 saturated heterocycles. The molecule has 3 rings (SSSR count). The third-order valence-electron chi connectivity index (χ3n) is 4.73. The van der Waals surface area contributed by atoms with Crippen LogP contribution in [-0.2, 0) is 18.4 Å². The van der Waals surface area contributed by atoms with Gasteiger partial charge in [0.25, 0.3) is 0 Å². The summed E-state index contributed by atoms with van der Waals surface area (Å²) in [5.41, 5.74) is 4.43. The molecule has 1 aromatic heterocycles. The van der Waals surface area contributed by atoms with E-state index in [2.05, 4.69) is 16.5 Å². The molecule has 0 bridgehead atoms. The maximum absolute atomic E-state index is 12.2. The molecule has 1 atom stereocenters. The van der Waals surface area contributed by atoms with Crippen molar-refractivity contribution in [1.29, 1.82) is 0 Å². The van der Waals surface area contributed by atoms with Crippen LogP contribution >= 0.6 is 0 Å². The first kappa shape index (κ1) is 18.8. The van der Waals surface area contributed by atoms with Crippen molar-refractivity contribution in [3.05, 3.63) is 69.1 Å². The van der Waals surface area contributed by atoms with Crippen molar-refractivity contribution in [2.24, 2.45) is 7.05 Å². The van der Waals surface area contributed by atoms with E-state index in [0.717, 1.165) is 28.0 Å². The van der Waals surface area contributed by atoms with E-state index in [9.17, 15) is 4.79 Å². The summed E-state index contributed by atoms with van der Waals surface area (Å²) in [7, 11) is 3.27. The molecule has 2 aromatic carbocycles. The van der Waals surface area contributed by atoms with Crippen LogP contribution in [0.2, 0.25) is 0 Å². The number of methoxy groups -OCH3 is 1. The topological polar surface area (TPSA) is 71.2 Å². The maximum atomic E-state index is 12.2. The lowest BCUT2D eigenvalue weighted by Crippen LogP contribution is -2.23. The Morgan fingerprint density at radius 1 is 1.11 bits per heavy atom. The SMILES string of the molecule is COC(C)c1ccc(OCc2c(C)cccc2-n2nnn(C)c2=O)c(C)c1. The Labute approximate surface area is 158 Å². The minimum Gasteiger partial charge on any atom is -0.489 e. The normalized spacial score (nSPS) is 12.2. The summed E-state index contributed by atoms with van der Waals surface area (Å²) in [6.07, 6.45) is 0.0317. The van der Waals surface area contributed by atoms with Crippen LogP contribution in [0.3, 0.4) is 0 Å². The standard InChI is InChI=1S/C20H24N4O3/c1-13-7-6-8-18(24-20(25)23(4)21-22-24)17(13)12-27-19-10-9-16(11-14(19)2)15(3)26-5/h6-11,15H,12H2,1-5H3. The molecule has 0 aliphatic rings. The molecule has 1 heterocycles. The van der Waals surface area contributed by atoms with Gasteiger partial charge in [0, 0.05) is 19.7 Å². The third-order valence-corrected chi connectivity index (χ3v) is 4.73. The van der Waals surface area contributed by atoms with Crippen molar-refractivity contribution >= 4 is 0 Å². The fourth-order valence-electron chi connectivity index (χ4n) is 2.91. The van der Waals surface area contributed by atoms with Crippen LogP contribution in [0.1, 0.15) is 35.3 Å². The third kappa shape index (κ3) is 3.78. The summed E-state index contributed by atoms with van der Waals surface area (Å²) in [4.78, 5) is 12.2. The molecule has 0 radical (unpaired) electrons. The lowest BCUT2D eigenvalue weighted by atomic mass is 10.1. The van der Waals surface area contributed by atoms with Gasteiger partial charge in [0.1, 0.15) is 12.4 Å². The number of aryl methyl sites for hydroxylation is 3. The van der Waals surface area contributed by atoms with Crippen molar-refractivity contribution in [3.8, 4) is 11.4 Å². The number of benzene rings is 2. The van der Waals surface area contributed by atoms with Gasteiger partial charge >= 0.3 is 5.69 Å². The molecule has 0 aliphatic heterocycles. The molecule has 0 aliphatic carbocycles. The number of nitrogens with zero attached hydrogens (tertiary/aromatic N) is 4. The summed E-state index contributed by atoms with van der Waals surface area (Å²) in [5.74, 6) is 0.794. The van der Waals surface area contributed by atoms with Gasteiger partial charge in [-0.05, 0) is 66.1 Å². The Hall–Kier alpha value is -2.93. The summed E-state index contributed by atoms with van der Waals surface area (Å²) in [5, 5.41) is 7.74. The highest BCUT2D eigenvalue weighted by atomic mass is 16.5. The number of ether oxygens (including phenoxy) is 2. The molecule has 27 heavy (non-hydrogen) atoms. The Bertz CT molecular complexity index is 1010. The van der Waals surface area contributed by atoms with Crippen LogP contribution in [0, 0.1) is 13.8 Å². The van der Waals surface area contributed by atoms with Gasteiger partial charge in [-0.2, -0.15) is 9.36 Å². The zero-order valence-electron chi connectivity index (χ0n) is 16.3. The van der Waals surface area contributed by atoms with Crippen LogP contribution in [0.5, 0.6) is 5.75 Å². The molecule has 0 saturated carbocycles. The molecule has 0 spiro atoms. The van der Waals surface area contributed by atoms with Gasteiger partial charge < -0.3 is 9.47 Å². The number of rotatable bonds is 6. The first-order valence-corrected chi connectivity index (χ1v) is 8.76. The summed E-state index contributed by atoms with van der Waals surface area (Å²) in [6.45, 7) is 6.32. The van der Waals surface area contributed by atoms with Gasteiger partial charge in [0.05, 0.1) is 11.8 Å². The lowest BCUT2D eigenvalue weighted by Gasteiger charge is -2.16. The van der Waals surface area contributed by atoms with E-state index < -0.39 is 0 Å². The zero-order valence-corrected chi connectivity index (χ0v) is 16.3. The fraction of sp³-hybridized carbons (Fsp3) is 0.350. The lowest BCUT2D eigenvalue weighted by molar-refractivity contribution is 0.119. The second kappa shape index (κ2) is 7.75. The molecule has 3 aromatic rings. The number of tetrazole rings is 1. The minimum absolute atomic E-state index is 0.0317. The molecule has 0 N–H and O–H groups in total. The van der Waals surface area contributed by atoms with Crippen molar-refractivity contribution in [3.63, 3.8) is 0 Å². The molecule has 0 fully saturated rings. The van der Waals surface area contributed by atoms with E-state index in [0.29, 0.717) is 12.3 Å². The molecule has 0 amide bonds. The molecular formula is C20H24N4O3. The average Bonchev–Trinajstić information content (AvgIpc) is 2.99. The van der Waals surface area contributed by atoms with Crippen LogP contribution in [0.15, 0.2) is 41.2 Å². The van der Waals surface area contributed by atoms with Crippen molar-refractivity contribution in [1.82, 2.24) is 19.8 Å². The second-order valence-electron chi connectivity index (χ2n) is 6.56. The Kier molecular flexibility index (Phi) is 5.41. The molecule has 142 valence electrons. The van der Waals surface area contributed by atoms with E-state index in [1.165, 1.54) is 9.36 Å². The molecule has 7 heteroatoms. The predicted molar refractivity (Wildman–Crippen MR) is 102 cm³/mol. The zero-order chi connectivity index (χ0) is 19.6. The van der Waals surface area contributed by atoms with Gasteiger partial charge in [-0.15, -0.1) is 0 Å². The van der Waals surface area contributed by atoms with Crippen molar-refractivity contribution < 1.29 is 9.47 Å². The summed E-state index contributed by atoms with van der Waals surface area (Å²) >= 11 is 0. The highest BCUT2D eigenvalue weighted by Crippen LogP contribution is 2.26. The highest BCUT2D eigenvalue weighted by Gasteiger charge is 2.14. The fourth-order valence-corrected chi connectivity index (χ4v) is 2.91. The Morgan fingerprint density at radius 2 is 1.89 bits per heavy atom. The van der Waals surface area contributed by atoms with Gasteiger partial charge in [0.2, 0.25) is 0 Å². The molecule has 7 nitrogen and oxygen atoms in total. The number of hydrogen-bond acceptors (Lipinski definition) is 5. The average molecular weight is 368 g/mol. The second-order valence-corrected chi connectivity index (χ2v) is 6.56. The van der Waals surface area contributed by atoms with E-state index >= 15 is 0 Å². The van der Waals surface area contributed by atoms with Gasteiger partial charge in [-0.1, -0.05) is 18.2 Å². The van der Waals surface area contributed by atoms with Crippen LogP contribution in [0.25, 0.3) is 5.69 Å². The van der Waals surface area contributed by atoms with Gasteiger partial charge in [-0.3, -0.25) is 0 Å². The predicted octanol–water partition coefficient (Wildman–Crippen LogP) is 2.87. The number of aromatic nitrogens is 4. The van der Waals surface area contributed by atoms with Crippen LogP contribution in [-0.4, -0.2) is 26.9 Å². The summed E-state index contributed by atoms with van der Waals surface area (Å²) < 4.78 is 13.9. The Morgan fingerprint density at radius 3 is 2.52 bits per heavy atom. The van der Waals surface area contributed by atoms with E-state index in [-0.39, 0.29) is 11.8 Å². The quantitative estimate of drug-likeness (QED) is 0.669. The van der Waals surface area contributed by atoms with E-state index in [1.807, 2.05) is 51.1 Å². The van der Waals surface area contributed by atoms with Crippen LogP contribution in [0.4, 0.5) is 0 Å². The highest BCUT2D eigenvalue weighted by molar-refractivity contribution is 5.45. The smallest absolute Gasteiger partial charge is 0.368 e. The molecular weight excluding hydrogens is 344 g/mol. The van der Waals surface area contributed by atoms with Crippen LogP contribution < -0.4 is 10.4 Å². The largest absolute Gasteiger partial charge is 0.489 e. The number of hydrogen-bond donors (Lipinski definition) is 0. The van der Waals surface area contributed by atoms with E-state index in [4.69, 9.17) is 9.47 Å². The van der Waals surface area contributed by atoms with Crippen molar-refractivity contribution in [2.75, 3.05) is 7.11 Å². The van der Waals surface area contributed by atoms with E-state index in [1.54, 1.807) is 14.2 Å². The van der Waals surface area contributed by atoms with Crippen molar-refractivity contribution in [2.45, 2.75) is 33.5 Å². The minimum atomic E-state index is -0.295. The first-order chi connectivity index (χ1) is 12.9.